The first kappa shape index (κ1) is 16.7. The predicted molar refractivity (Wildman–Crippen MR) is 76.8 cm³/mol. The van der Waals surface area contributed by atoms with Crippen molar-refractivity contribution in [1.29, 1.82) is 0 Å². The van der Waals surface area contributed by atoms with Gasteiger partial charge in [-0.05, 0) is 20.5 Å². The summed E-state index contributed by atoms with van der Waals surface area (Å²) in [5.41, 5.74) is 0. The van der Waals surface area contributed by atoms with E-state index in [1.54, 1.807) is 11.8 Å². The summed E-state index contributed by atoms with van der Waals surface area (Å²) in [5, 5.41) is 11.5. The Kier molecular flexibility index (Phi) is 6.74. The number of urea groups is 1. The van der Waals surface area contributed by atoms with E-state index in [4.69, 9.17) is 5.11 Å². The van der Waals surface area contributed by atoms with Crippen LogP contribution in [0.1, 0.15) is 13.3 Å². The number of hydrogen-bond donors (Lipinski definition) is 2. The van der Waals surface area contributed by atoms with E-state index in [0.717, 1.165) is 26.2 Å². The molecule has 0 aliphatic carbocycles. The van der Waals surface area contributed by atoms with Gasteiger partial charge in [-0.2, -0.15) is 0 Å². The lowest BCUT2D eigenvalue weighted by Gasteiger charge is -2.35. The predicted octanol–water partition coefficient (Wildman–Crippen LogP) is -0.262. The Morgan fingerprint density at radius 2 is 1.85 bits per heavy atom. The Morgan fingerprint density at radius 1 is 1.25 bits per heavy atom. The molecule has 0 aromatic rings. The van der Waals surface area contributed by atoms with Crippen molar-refractivity contribution < 1.29 is 14.7 Å². The van der Waals surface area contributed by atoms with Gasteiger partial charge in [-0.25, -0.2) is 9.59 Å². The molecule has 0 unspecified atom stereocenters. The number of piperazine rings is 1. The highest BCUT2D eigenvalue weighted by Gasteiger charge is 2.24. The maximum absolute atomic E-state index is 12.0. The van der Waals surface area contributed by atoms with E-state index in [1.807, 2.05) is 14.1 Å². The highest BCUT2D eigenvalue weighted by atomic mass is 16.4. The van der Waals surface area contributed by atoms with Crippen LogP contribution in [0, 0.1) is 0 Å². The molecule has 0 aromatic carbocycles. The summed E-state index contributed by atoms with van der Waals surface area (Å²) in [6.45, 7) is 6.72. The Bertz CT molecular complexity index is 328. The highest BCUT2D eigenvalue weighted by Crippen LogP contribution is 2.03. The second-order valence-electron chi connectivity index (χ2n) is 5.38. The Hall–Kier alpha value is -1.34. The molecule has 1 heterocycles. The van der Waals surface area contributed by atoms with Gasteiger partial charge in [-0.15, -0.1) is 0 Å². The molecule has 1 atom stereocenters. The highest BCUT2D eigenvalue weighted by molar-refractivity contribution is 5.82. The van der Waals surface area contributed by atoms with E-state index in [2.05, 4.69) is 15.1 Å². The van der Waals surface area contributed by atoms with Crippen LogP contribution in [0.25, 0.3) is 0 Å². The van der Waals surface area contributed by atoms with Crippen molar-refractivity contribution in [3.63, 3.8) is 0 Å². The van der Waals surface area contributed by atoms with Gasteiger partial charge < -0.3 is 20.2 Å². The van der Waals surface area contributed by atoms with Crippen LogP contribution in [-0.4, -0.2) is 91.2 Å². The third kappa shape index (κ3) is 5.34. The lowest BCUT2D eigenvalue weighted by Crippen LogP contribution is -2.55. The zero-order valence-corrected chi connectivity index (χ0v) is 12.6. The lowest BCUT2D eigenvalue weighted by molar-refractivity contribution is -0.139. The Morgan fingerprint density at radius 3 is 2.30 bits per heavy atom. The van der Waals surface area contributed by atoms with Crippen LogP contribution in [-0.2, 0) is 4.79 Å². The zero-order valence-electron chi connectivity index (χ0n) is 12.6. The fraction of sp³-hybridized carbons (Fsp3) is 0.846. The van der Waals surface area contributed by atoms with Crippen molar-refractivity contribution in [1.82, 2.24) is 20.0 Å². The van der Waals surface area contributed by atoms with E-state index < -0.39 is 12.0 Å². The molecule has 0 spiro atoms. The molecule has 116 valence electrons. The number of aliphatic carboxylic acids is 1. The smallest absolute Gasteiger partial charge is 0.326 e. The number of amides is 2. The van der Waals surface area contributed by atoms with Crippen LogP contribution < -0.4 is 5.32 Å². The summed E-state index contributed by atoms with van der Waals surface area (Å²) >= 11 is 0. The van der Waals surface area contributed by atoms with Crippen molar-refractivity contribution in [3.05, 3.63) is 0 Å². The van der Waals surface area contributed by atoms with E-state index in [-0.39, 0.29) is 6.03 Å². The number of carboxylic acid groups (broad SMARTS) is 1. The van der Waals surface area contributed by atoms with Gasteiger partial charge in [0.2, 0.25) is 0 Å². The van der Waals surface area contributed by atoms with Crippen molar-refractivity contribution >= 4 is 12.0 Å². The minimum atomic E-state index is -0.981. The summed E-state index contributed by atoms with van der Waals surface area (Å²) in [7, 11) is 4.08. The Labute approximate surface area is 120 Å². The molecule has 1 aliphatic heterocycles. The molecule has 0 aromatic heterocycles. The van der Waals surface area contributed by atoms with Gasteiger partial charge in [0.1, 0.15) is 6.04 Å². The second kappa shape index (κ2) is 8.06. The van der Waals surface area contributed by atoms with Crippen LogP contribution >= 0.6 is 0 Å². The van der Waals surface area contributed by atoms with Gasteiger partial charge in [-0.1, -0.05) is 6.92 Å². The van der Waals surface area contributed by atoms with Crippen LogP contribution in [0.15, 0.2) is 0 Å². The largest absolute Gasteiger partial charge is 0.480 e. The van der Waals surface area contributed by atoms with Crippen molar-refractivity contribution in [2.75, 3.05) is 53.4 Å². The van der Waals surface area contributed by atoms with Crippen molar-refractivity contribution in [2.24, 2.45) is 0 Å². The molecule has 7 heteroatoms. The van der Waals surface area contributed by atoms with Crippen molar-refractivity contribution in [2.45, 2.75) is 19.4 Å². The normalized spacial score (nSPS) is 18.1. The van der Waals surface area contributed by atoms with E-state index in [1.165, 1.54) is 0 Å². The standard InChI is InChI=1S/C13H26N4O3/c1-4-11(12(18)19)14-13(20)17-9-7-16(8-10-17)6-5-15(2)3/h11H,4-10H2,1-3H3,(H,14,20)(H,18,19)/t11-/m1/s1. The molecule has 1 rings (SSSR count). The minimum Gasteiger partial charge on any atom is -0.480 e. The fourth-order valence-electron chi connectivity index (χ4n) is 2.09. The van der Waals surface area contributed by atoms with Gasteiger partial charge in [0.25, 0.3) is 0 Å². The summed E-state index contributed by atoms with van der Waals surface area (Å²) < 4.78 is 0. The summed E-state index contributed by atoms with van der Waals surface area (Å²) in [6, 6.07) is -1.07. The van der Waals surface area contributed by atoms with Gasteiger partial charge in [0.15, 0.2) is 0 Å². The van der Waals surface area contributed by atoms with E-state index in [9.17, 15) is 9.59 Å². The van der Waals surface area contributed by atoms with Gasteiger partial charge >= 0.3 is 12.0 Å². The molecule has 1 aliphatic rings. The first-order chi connectivity index (χ1) is 9.43. The number of likely N-dealkylation sites (N-methyl/N-ethyl adjacent to an activating group) is 1. The molecule has 2 N–H and O–H groups in total. The van der Waals surface area contributed by atoms with Gasteiger partial charge in [0.05, 0.1) is 0 Å². The van der Waals surface area contributed by atoms with Crippen LogP contribution in [0.3, 0.4) is 0 Å². The van der Waals surface area contributed by atoms with E-state index in [0.29, 0.717) is 19.5 Å². The summed E-state index contributed by atoms with van der Waals surface area (Å²) in [5.74, 6) is -0.981. The third-order valence-electron chi connectivity index (χ3n) is 3.53. The molecule has 1 fully saturated rings. The van der Waals surface area contributed by atoms with Crippen LogP contribution in [0.2, 0.25) is 0 Å². The number of carbonyl (C=O) groups excluding carboxylic acids is 1. The average Bonchev–Trinajstić information content (AvgIpc) is 2.42. The second-order valence-corrected chi connectivity index (χ2v) is 5.38. The molecule has 2 amide bonds. The van der Waals surface area contributed by atoms with Crippen LogP contribution in [0.4, 0.5) is 4.79 Å². The van der Waals surface area contributed by atoms with Crippen molar-refractivity contribution in [3.8, 4) is 0 Å². The topological polar surface area (TPSA) is 76.1 Å². The molecule has 0 bridgehead atoms. The molecule has 0 saturated carbocycles. The molecular formula is C13H26N4O3. The molecular weight excluding hydrogens is 260 g/mol. The summed E-state index contributed by atoms with van der Waals surface area (Å²) in [4.78, 5) is 29.0. The van der Waals surface area contributed by atoms with Gasteiger partial charge in [-0.3, -0.25) is 4.90 Å². The third-order valence-corrected chi connectivity index (χ3v) is 3.53. The summed E-state index contributed by atoms with van der Waals surface area (Å²) in [6.07, 6.45) is 0.393. The minimum absolute atomic E-state index is 0.272. The SMILES string of the molecule is CC[C@@H](NC(=O)N1CCN(CCN(C)C)CC1)C(=O)O. The maximum atomic E-state index is 12.0. The first-order valence-corrected chi connectivity index (χ1v) is 7.09. The number of hydrogen-bond acceptors (Lipinski definition) is 4. The van der Waals surface area contributed by atoms with Crippen LogP contribution in [0.5, 0.6) is 0 Å². The first-order valence-electron chi connectivity index (χ1n) is 7.09. The molecule has 7 nitrogen and oxygen atoms in total. The maximum Gasteiger partial charge on any atom is 0.326 e. The zero-order chi connectivity index (χ0) is 15.1. The number of nitrogens with zero attached hydrogens (tertiary/aromatic N) is 3. The van der Waals surface area contributed by atoms with Gasteiger partial charge in [0, 0.05) is 39.3 Å². The lowest BCUT2D eigenvalue weighted by atomic mass is 10.2. The number of rotatable bonds is 6. The number of carbonyl (C=O) groups is 2. The average molecular weight is 286 g/mol. The molecule has 0 radical (unpaired) electrons. The fourth-order valence-corrected chi connectivity index (χ4v) is 2.09. The molecule has 20 heavy (non-hydrogen) atoms. The number of carboxylic acids is 1. The Balaban J connectivity index is 2.33. The monoisotopic (exact) mass is 286 g/mol. The molecule has 1 saturated heterocycles. The quantitative estimate of drug-likeness (QED) is 0.703. The van der Waals surface area contributed by atoms with E-state index >= 15 is 0 Å². The number of nitrogens with one attached hydrogen (secondary N) is 1.